The molecule has 0 atom stereocenters. The zero-order valence-corrected chi connectivity index (χ0v) is 12.8. The van der Waals surface area contributed by atoms with Gasteiger partial charge in [0.2, 0.25) is 0 Å². The van der Waals surface area contributed by atoms with Crippen molar-refractivity contribution in [2.75, 3.05) is 0 Å². The molecule has 3 heteroatoms. The molecule has 2 nitrogen and oxygen atoms in total. The summed E-state index contributed by atoms with van der Waals surface area (Å²) in [5.74, 6) is 1.12. The summed E-state index contributed by atoms with van der Waals surface area (Å²) in [4.78, 5) is 3.48. The van der Waals surface area contributed by atoms with Gasteiger partial charge in [-0.15, -0.1) is 0 Å². The lowest BCUT2D eigenvalue weighted by atomic mass is 10.0. The second kappa shape index (κ2) is 4.01. The summed E-state index contributed by atoms with van der Waals surface area (Å²) in [6.07, 6.45) is 6.49. The highest BCUT2D eigenvalue weighted by Gasteiger charge is 2.18. The highest BCUT2D eigenvalue weighted by atomic mass is 79.9. The molecule has 0 amide bonds. The van der Waals surface area contributed by atoms with E-state index in [-0.39, 0.29) is 0 Å². The maximum atomic E-state index is 6.22. The van der Waals surface area contributed by atoms with Crippen LogP contribution in [0.5, 0.6) is 0 Å². The number of nitrogens with one attached hydrogen (secondary N) is 1. The topological polar surface area (TPSA) is 28.9 Å². The molecule has 5 rings (SSSR count). The average molecular weight is 338 g/mol. The SMILES string of the molecule is Brc1ccc2c(c1)[nH]c1ccc3c4c(oc3c12)CCC=C4. The van der Waals surface area contributed by atoms with Crippen LogP contribution in [-0.4, -0.2) is 4.98 Å². The normalized spacial score (nSPS) is 14.3. The standard InChI is InChI=1S/C18H12BrNO/c19-10-5-6-13-15(9-10)20-14-8-7-12-11-3-1-2-4-16(11)21-18(12)17(13)14/h1,3,5-9,20H,2,4H2. The summed E-state index contributed by atoms with van der Waals surface area (Å²) in [6, 6.07) is 10.7. The van der Waals surface area contributed by atoms with Crippen LogP contribution in [0.2, 0.25) is 0 Å². The van der Waals surface area contributed by atoms with Crippen molar-refractivity contribution in [3.8, 4) is 0 Å². The lowest BCUT2D eigenvalue weighted by Gasteiger charge is -2.01. The number of benzene rings is 2. The molecule has 0 bridgehead atoms. The summed E-state index contributed by atoms with van der Waals surface area (Å²) in [5.41, 5.74) is 4.53. The summed E-state index contributed by atoms with van der Waals surface area (Å²) in [7, 11) is 0. The first-order valence-electron chi connectivity index (χ1n) is 7.13. The molecule has 1 N–H and O–H groups in total. The minimum atomic E-state index is 0.996. The van der Waals surface area contributed by atoms with E-state index in [2.05, 4.69) is 63.4 Å². The van der Waals surface area contributed by atoms with Crippen LogP contribution in [0, 0.1) is 0 Å². The van der Waals surface area contributed by atoms with Crippen LogP contribution >= 0.6 is 15.9 Å². The third kappa shape index (κ3) is 1.52. The Balaban J connectivity index is 2.01. The molecule has 2 aromatic carbocycles. The van der Waals surface area contributed by atoms with Gasteiger partial charge in [-0.2, -0.15) is 0 Å². The van der Waals surface area contributed by atoms with Gasteiger partial charge in [-0.1, -0.05) is 34.1 Å². The average Bonchev–Trinajstić information content (AvgIpc) is 3.03. The fraction of sp³-hybridized carbons (Fsp3) is 0.111. The van der Waals surface area contributed by atoms with E-state index in [0.29, 0.717) is 0 Å². The van der Waals surface area contributed by atoms with Crippen molar-refractivity contribution in [1.82, 2.24) is 4.98 Å². The van der Waals surface area contributed by atoms with Crippen molar-refractivity contribution >= 4 is 54.8 Å². The molecule has 1 aliphatic carbocycles. The molecule has 21 heavy (non-hydrogen) atoms. The van der Waals surface area contributed by atoms with Gasteiger partial charge in [0.15, 0.2) is 0 Å². The van der Waals surface area contributed by atoms with E-state index < -0.39 is 0 Å². The Labute approximate surface area is 129 Å². The largest absolute Gasteiger partial charge is 0.460 e. The van der Waals surface area contributed by atoms with Crippen molar-refractivity contribution < 1.29 is 4.42 Å². The highest BCUT2D eigenvalue weighted by Crippen LogP contribution is 2.38. The Hall–Kier alpha value is -2.00. The molecule has 0 unspecified atom stereocenters. The lowest BCUT2D eigenvalue weighted by molar-refractivity contribution is 0.549. The maximum absolute atomic E-state index is 6.22. The van der Waals surface area contributed by atoms with E-state index >= 15 is 0 Å². The van der Waals surface area contributed by atoms with E-state index in [9.17, 15) is 0 Å². The number of aromatic amines is 1. The van der Waals surface area contributed by atoms with Gasteiger partial charge in [0.1, 0.15) is 11.3 Å². The number of allylic oxidation sites excluding steroid dienone is 1. The van der Waals surface area contributed by atoms with Crippen LogP contribution in [-0.2, 0) is 6.42 Å². The molecular formula is C18H12BrNO. The molecule has 0 fully saturated rings. The monoisotopic (exact) mass is 337 g/mol. The number of furan rings is 1. The number of aromatic nitrogens is 1. The van der Waals surface area contributed by atoms with E-state index in [4.69, 9.17) is 4.42 Å². The van der Waals surface area contributed by atoms with Crippen molar-refractivity contribution in [1.29, 1.82) is 0 Å². The number of fused-ring (bicyclic) bond motifs is 7. The van der Waals surface area contributed by atoms with Gasteiger partial charge < -0.3 is 9.40 Å². The zero-order valence-electron chi connectivity index (χ0n) is 11.2. The van der Waals surface area contributed by atoms with Crippen molar-refractivity contribution in [2.24, 2.45) is 0 Å². The second-order valence-electron chi connectivity index (χ2n) is 5.56. The minimum Gasteiger partial charge on any atom is -0.460 e. The van der Waals surface area contributed by atoms with Crippen LogP contribution in [0.4, 0.5) is 0 Å². The molecule has 102 valence electrons. The third-order valence-corrected chi connectivity index (χ3v) is 4.81. The third-order valence-electron chi connectivity index (χ3n) is 4.32. The van der Waals surface area contributed by atoms with Gasteiger partial charge in [-0.25, -0.2) is 0 Å². The van der Waals surface area contributed by atoms with Gasteiger partial charge in [-0.3, -0.25) is 0 Å². The van der Waals surface area contributed by atoms with E-state index in [1.165, 1.54) is 21.7 Å². The van der Waals surface area contributed by atoms with Crippen LogP contribution < -0.4 is 0 Å². The number of hydrogen-bond donors (Lipinski definition) is 1. The molecule has 2 heterocycles. The van der Waals surface area contributed by atoms with Crippen molar-refractivity contribution in [3.63, 3.8) is 0 Å². The fourth-order valence-electron chi connectivity index (χ4n) is 3.37. The van der Waals surface area contributed by atoms with Gasteiger partial charge in [0, 0.05) is 32.7 Å². The molecule has 2 aromatic heterocycles. The predicted molar refractivity (Wildman–Crippen MR) is 90.6 cm³/mol. The molecular weight excluding hydrogens is 326 g/mol. The predicted octanol–water partition coefficient (Wildman–Crippen LogP) is 5.79. The Bertz CT molecular complexity index is 1050. The first-order valence-corrected chi connectivity index (χ1v) is 7.92. The molecule has 0 saturated carbocycles. The Morgan fingerprint density at radius 1 is 1.05 bits per heavy atom. The fourth-order valence-corrected chi connectivity index (χ4v) is 3.73. The van der Waals surface area contributed by atoms with Crippen molar-refractivity contribution in [2.45, 2.75) is 12.8 Å². The Morgan fingerprint density at radius 3 is 2.90 bits per heavy atom. The molecule has 1 aliphatic rings. The first-order chi connectivity index (χ1) is 10.3. The number of H-pyrrole nitrogens is 1. The van der Waals surface area contributed by atoms with Crippen LogP contribution in [0.25, 0.3) is 38.9 Å². The van der Waals surface area contributed by atoms with Crippen LogP contribution in [0.15, 0.2) is 45.3 Å². The zero-order chi connectivity index (χ0) is 14.0. The lowest BCUT2D eigenvalue weighted by Crippen LogP contribution is -1.87. The van der Waals surface area contributed by atoms with Gasteiger partial charge in [-0.05, 0) is 30.7 Å². The number of halogens is 1. The van der Waals surface area contributed by atoms with E-state index in [0.717, 1.165) is 39.7 Å². The Morgan fingerprint density at radius 2 is 1.95 bits per heavy atom. The Kier molecular flexibility index (Phi) is 2.22. The van der Waals surface area contributed by atoms with Gasteiger partial charge in [0.05, 0.1) is 10.9 Å². The van der Waals surface area contributed by atoms with Gasteiger partial charge >= 0.3 is 0 Å². The van der Waals surface area contributed by atoms with Crippen LogP contribution in [0.3, 0.4) is 0 Å². The number of aryl methyl sites for hydroxylation is 1. The van der Waals surface area contributed by atoms with Gasteiger partial charge in [0.25, 0.3) is 0 Å². The second-order valence-corrected chi connectivity index (χ2v) is 6.48. The number of hydrogen-bond acceptors (Lipinski definition) is 1. The molecule has 0 spiro atoms. The van der Waals surface area contributed by atoms with Crippen molar-refractivity contribution in [3.05, 3.63) is 52.2 Å². The van der Waals surface area contributed by atoms with Crippen LogP contribution in [0.1, 0.15) is 17.7 Å². The summed E-state index contributed by atoms with van der Waals surface area (Å²) >= 11 is 3.53. The van der Waals surface area contributed by atoms with E-state index in [1.54, 1.807) is 0 Å². The quantitative estimate of drug-likeness (QED) is 0.432. The first kappa shape index (κ1) is 11.6. The number of rotatable bonds is 0. The minimum absolute atomic E-state index is 0.996. The molecule has 0 radical (unpaired) electrons. The summed E-state index contributed by atoms with van der Waals surface area (Å²) in [6.45, 7) is 0. The maximum Gasteiger partial charge on any atom is 0.144 e. The summed E-state index contributed by atoms with van der Waals surface area (Å²) in [5, 5.41) is 3.63. The van der Waals surface area contributed by atoms with E-state index in [1.807, 2.05) is 0 Å². The highest BCUT2D eigenvalue weighted by molar-refractivity contribution is 9.10. The smallest absolute Gasteiger partial charge is 0.144 e. The summed E-state index contributed by atoms with van der Waals surface area (Å²) < 4.78 is 7.30. The molecule has 0 saturated heterocycles. The molecule has 4 aromatic rings. The molecule has 0 aliphatic heterocycles.